The number of nitrogens with two attached hydrogens (primary N) is 2. The third-order valence-electron chi connectivity index (χ3n) is 10.5. The Kier molecular flexibility index (Phi) is 27.9. The van der Waals surface area contributed by atoms with Crippen molar-refractivity contribution in [1.82, 2.24) is 30.2 Å². The number of phosphoric ester groups is 3. The fourth-order valence-electron chi connectivity index (χ4n) is 6.53. The van der Waals surface area contributed by atoms with Gasteiger partial charge in [0.1, 0.15) is 42.3 Å². The summed E-state index contributed by atoms with van der Waals surface area (Å²) in [5.74, 6) is -3.37. The molecule has 3 unspecified atom stereocenters. The number of allylic oxidation sites excluding steroid dienone is 7. The molecule has 1 aliphatic rings. The number of rotatable bonds is 36. The van der Waals surface area contributed by atoms with Gasteiger partial charge in [0.15, 0.2) is 22.8 Å². The highest BCUT2D eigenvalue weighted by molar-refractivity contribution is 8.13. The highest BCUT2D eigenvalue weighted by Gasteiger charge is 2.50. The number of nitrogens with one attached hydrogen (secondary N) is 2. The van der Waals surface area contributed by atoms with Gasteiger partial charge in [0.25, 0.3) is 0 Å². The molecule has 0 saturated carbocycles. The Morgan fingerprint density at radius 2 is 1.61 bits per heavy atom. The fraction of sp³-hybridized carbons (Fsp3) is 0.571. The first-order chi connectivity index (χ1) is 36.0. The number of amides is 2. The number of hydrogen-bond donors (Lipinski definition) is 13. The molecule has 15 N–H and O–H groups in total. The van der Waals surface area contributed by atoms with Crippen LogP contribution in [0.3, 0.4) is 0 Å². The van der Waals surface area contributed by atoms with Crippen molar-refractivity contribution in [3.63, 3.8) is 0 Å². The first-order valence-corrected chi connectivity index (χ1v) is 29.8. The van der Waals surface area contributed by atoms with Gasteiger partial charge in [-0.3, -0.25) is 42.1 Å². The molecule has 77 heavy (non-hydrogen) atoms. The van der Waals surface area contributed by atoms with Crippen molar-refractivity contribution < 1.29 is 105 Å². The summed E-state index contributed by atoms with van der Waals surface area (Å²) in [6.07, 6.45) is 8.05. The number of fused-ring (bicyclic) bond motifs is 1. The second kappa shape index (κ2) is 32.1. The summed E-state index contributed by atoms with van der Waals surface area (Å²) in [6, 6.07) is -1.11. The molecule has 0 bridgehead atoms. The number of anilines is 1. The number of hydrogen-bond acceptors (Lipinski definition) is 23. The number of carbonyl (C=O) groups excluding carboxylic acids is 3. The molecule has 1 fully saturated rings. The average Bonchev–Trinajstić information content (AvgIpc) is 3.90. The Labute approximate surface area is 449 Å². The minimum Gasteiger partial charge on any atom is -0.481 e. The topological polar surface area (TPSA) is 484 Å². The van der Waals surface area contributed by atoms with Crippen LogP contribution < -0.4 is 22.1 Å². The molecule has 30 nitrogen and oxygen atoms in total. The van der Waals surface area contributed by atoms with E-state index in [1.54, 1.807) is 30.4 Å². The molecule has 10 atom stereocenters. The van der Waals surface area contributed by atoms with Gasteiger partial charge in [-0.2, -0.15) is 4.31 Å². The summed E-state index contributed by atoms with van der Waals surface area (Å²) in [4.78, 5) is 110. The molecule has 3 rings (SSSR count). The van der Waals surface area contributed by atoms with Gasteiger partial charge in [-0.1, -0.05) is 74.2 Å². The number of aliphatic hydroxyl groups excluding tert-OH is 3. The monoisotopic (exact) mass is 1190 g/mol. The Morgan fingerprint density at radius 1 is 0.922 bits per heavy atom. The predicted molar refractivity (Wildman–Crippen MR) is 277 cm³/mol. The maximum atomic E-state index is 12.8. The van der Waals surface area contributed by atoms with Gasteiger partial charge in [-0.05, 0) is 25.7 Å². The number of unbranched alkanes of at least 4 members (excludes halogenated alkanes) is 1. The van der Waals surface area contributed by atoms with E-state index in [1.165, 1.54) is 25.6 Å². The van der Waals surface area contributed by atoms with Gasteiger partial charge >= 0.3 is 35.4 Å². The van der Waals surface area contributed by atoms with Crippen molar-refractivity contribution in [2.75, 3.05) is 43.5 Å². The van der Waals surface area contributed by atoms with Gasteiger partial charge < -0.3 is 71.9 Å². The molecule has 0 aliphatic carbocycles. The van der Waals surface area contributed by atoms with Gasteiger partial charge in [-0.15, -0.1) is 11.8 Å². The number of carboxylic acid groups (broad SMARTS) is 2. The zero-order valence-electron chi connectivity index (χ0n) is 41.5. The lowest BCUT2D eigenvalue weighted by Crippen LogP contribution is -2.46. The minimum atomic E-state index is -5.61. The van der Waals surface area contributed by atoms with Crippen LogP contribution in [-0.4, -0.2) is 173 Å². The number of aliphatic hydroxyl groups is 3. The molecule has 0 spiro atoms. The van der Waals surface area contributed by atoms with Crippen LogP contribution in [0.1, 0.15) is 65.0 Å². The van der Waals surface area contributed by atoms with Gasteiger partial charge in [0.2, 0.25) is 11.8 Å². The molecule has 2 aromatic rings. The van der Waals surface area contributed by atoms with Crippen molar-refractivity contribution in [2.45, 2.75) is 107 Å². The molecule has 1 saturated heterocycles. The Balaban J connectivity index is 1.32. The normalized spacial score (nSPS) is 20.6. The van der Waals surface area contributed by atoms with Crippen molar-refractivity contribution in [1.29, 1.82) is 0 Å². The van der Waals surface area contributed by atoms with Gasteiger partial charge in [0.05, 0.1) is 25.6 Å². The number of phosphoric acid groups is 3. The third-order valence-corrected chi connectivity index (χ3v) is 15.9. The van der Waals surface area contributed by atoms with Crippen molar-refractivity contribution >= 4 is 92.8 Å². The highest BCUT2D eigenvalue weighted by atomic mass is 32.2. The summed E-state index contributed by atoms with van der Waals surface area (Å²) in [6.45, 7) is 0.276. The van der Waals surface area contributed by atoms with Crippen LogP contribution in [0, 0.1) is 5.41 Å². The molecular formula is C42H65N8O22P3S2. The molecule has 2 amide bonds. The SMILES string of the molecule is CC(C)(COP(=O)(O)OP(=O)(O)OC[C@H]1O[C@@H](n2cnc3c(N)ncnc32)[C@@H](O)[C@H]1OP(=O)(O)O)C(O)C(=O)NCCC(=O)NCCSC(=O)C/C=C/CC\C=C/C=C\C=C\[C@@H](SC[C@@H](N)C(=O)O)[C@@H](O)CCCC(=O)O. The molecule has 35 heteroatoms. The summed E-state index contributed by atoms with van der Waals surface area (Å²) < 4.78 is 62.4. The largest absolute Gasteiger partial charge is 0.481 e. The third kappa shape index (κ3) is 24.7. The maximum absolute atomic E-state index is 12.8. The molecule has 2 aromatic heterocycles. The first-order valence-electron chi connectivity index (χ1n) is 23.2. The number of carboxylic acids is 2. The van der Waals surface area contributed by atoms with E-state index in [9.17, 15) is 72.6 Å². The predicted octanol–water partition coefficient (Wildman–Crippen LogP) is 1.19. The summed E-state index contributed by atoms with van der Waals surface area (Å²) in [5, 5.41) is 54.3. The number of aromatic nitrogens is 4. The van der Waals surface area contributed by atoms with Crippen molar-refractivity contribution in [3.8, 4) is 0 Å². The number of ether oxygens (including phenoxy) is 1. The van der Waals surface area contributed by atoms with Crippen LogP contribution in [0.5, 0.6) is 0 Å². The van der Waals surface area contributed by atoms with Crippen LogP contribution >= 0.6 is 47.0 Å². The van der Waals surface area contributed by atoms with E-state index in [4.69, 9.17) is 35.5 Å². The first kappa shape index (κ1) is 67.0. The van der Waals surface area contributed by atoms with Crippen LogP contribution in [0.4, 0.5) is 5.82 Å². The van der Waals surface area contributed by atoms with E-state index in [0.717, 1.165) is 29.0 Å². The number of nitrogen functional groups attached to an aromatic ring is 1. The Bertz CT molecular complexity index is 2570. The molecule has 432 valence electrons. The van der Waals surface area contributed by atoms with E-state index in [-0.39, 0.29) is 78.8 Å². The van der Waals surface area contributed by atoms with Crippen LogP contribution in [0.15, 0.2) is 61.3 Å². The molecular weight excluding hydrogens is 1130 g/mol. The van der Waals surface area contributed by atoms with E-state index in [1.807, 2.05) is 18.2 Å². The minimum absolute atomic E-state index is 0.0147. The molecule has 1 aliphatic heterocycles. The molecule has 0 aromatic carbocycles. The van der Waals surface area contributed by atoms with Crippen molar-refractivity contribution in [3.05, 3.63) is 61.3 Å². The average molecular weight is 1190 g/mol. The Morgan fingerprint density at radius 3 is 2.30 bits per heavy atom. The van der Waals surface area contributed by atoms with Gasteiger partial charge in [-0.25, -0.2) is 28.6 Å². The van der Waals surface area contributed by atoms with Crippen LogP contribution in [0.2, 0.25) is 0 Å². The lowest BCUT2D eigenvalue weighted by atomic mass is 9.87. The zero-order valence-corrected chi connectivity index (χ0v) is 45.8. The number of thioether (sulfide) groups is 2. The lowest BCUT2D eigenvalue weighted by Gasteiger charge is -2.30. The summed E-state index contributed by atoms with van der Waals surface area (Å²) in [5.41, 5.74) is 9.78. The number of imidazole rings is 1. The Hall–Kier alpha value is -4.27. The van der Waals surface area contributed by atoms with Crippen LogP contribution in [0.25, 0.3) is 11.2 Å². The quantitative estimate of drug-likeness (QED) is 0.0197. The molecule has 3 heterocycles. The second-order valence-corrected chi connectivity index (χ2v) is 23.9. The number of carbonyl (C=O) groups is 5. The van der Waals surface area contributed by atoms with E-state index < -0.39 is 114 Å². The molecule has 0 radical (unpaired) electrons. The second-order valence-electron chi connectivity index (χ2n) is 17.3. The van der Waals surface area contributed by atoms with Gasteiger partial charge in [0, 0.05) is 54.5 Å². The van der Waals surface area contributed by atoms with E-state index in [2.05, 4.69) is 34.4 Å². The van der Waals surface area contributed by atoms with E-state index in [0.29, 0.717) is 12.8 Å². The summed E-state index contributed by atoms with van der Waals surface area (Å²) in [7, 11) is -16.5. The smallest absolute Gasteiger partial charge is 0.481 e. The van der Waals surface area contributed by atoms with Crippen LogP contribution in [-0.2, 0) is 60.3 Å². The zero-order chi connectivity index (χ0) is 57.6. The van der Waals surface area contributed by atoms with Crippen molar-refractivity contribution in [2.24, 2.45) is 11.1 Å². The van der Waals surface area contributed by atoms with E-state index >= 15 is 0 Å². The highest BCUT2D eigenvalue weighted by Crippen LogP contribution is 2.61. The standard InChI is InChI=1S/C42H65N8O22P3S2/c1-42(2,23-69-75(66,67)72-74(64,65)68-21-28-35(71-73(61,62)63)34(56)40(70-28)50-25-49-33-37(44)47-24-48-38(33)50)36(57)39(58)46-18-17-30(52)45-19-20-76-32(55)16-11-9-7-5-3-4-6-8-10-14-29(77-22-26(43)41(59)60)27(51)13-12-15-31(53)54/h3-4,6,8-11,14,24-29,34-36,40,51,56-57H,5,7,12-13,15-23,43H2,1-2H3,(H,45,52)(H,46,58)(H,53,54)(H,59,60)(H,64,65)(H,66,67)(H2,44,47,48)(H2,61,62,63)/b4-3-,8-6-,11-9+,14-10+/t26-,27+,28-,29-,34+,35+,36?,40-/m1/s1. The summed E-state index contributed by atoms with van der Waals surface area (Å²) >= 11 is 2.18. The fourth-order valence-corrected chi connectivity index (χ4v) is 11.1. The number of aliphatic carboxylic acids is 2. The lowest BCUT2D eigenvalue weighted by molar-refractivity contribution is -0.138. The number of nitrogens with zero attached hydrogens (tertiary/aromatic N) is 4. The maximum Gasteiger partial charge on any atom is 0.481 e.